The first kappa shape index (κ1) is 25.9. The number of nitrogens with one attached hydrogen (secondary N) is 2. The summed E-state index contributed by atoms with van der Waals surface area (Å²) < 4.78 is 0. The molecule has 1 rings (SSSR count). The number of amides is 2. The van der Waals surface area contributed by atoms with Crippen molar-refractivity contribution in [2.45, 2.75) is 33.4 Å². The third-order valence-corrected chi connectivity index (χ3v) is 3.47. The normalized spacial score (nSPS) is 11.4. The molecule has 0 fully saturated rings. The predicted molar refractivity (Wildman–Crippen MR) is 108 cm³/mol. The summed E-state index contributed by atoms with van der Waals surface area (Å²) >= 11 is 0. The lowest BCUT2D eigenvalue weighted by Gasteiger charge is -2.17. The molecule has 144 valence electrons. The molecule has 0 heterocycles. The molecule has 0 saturated carbocycles. The molecule has 0 bridgehead atoms. The van der Waals surface area contributed by atoms with Crippen molar-refractivity contribution in [2.75, 3.05) is 26.0 Å². The van der Waals surface area contributed by atoms with Gasteiger partial charge in [-0.05, 0) is 38.6 Å². The second kappa shape index (κ2) is 12.1. The summed E-state index contributed by atoms with van der Waals surface area (Å²) in [6.45, 7) is 6.38. The van der Waals surface area contributed by atoms with Crippen LogP contribution in [0.5, 0.6) is 0 Å². The molecule has 0 unspecified atom stereocenters. The van der Waals surface area contributed by atoms with Gasteiger partial charge < -0.3 is 21.3 Å². The molecule has 0 radical (unpaired) electrons. The van der Waals surface area contributed by atoms with Gasteiger partial charge in [0.1, 0.15) is 0 Å². The van der Waals surface area contributed by atoms with Crippen LogP contribution in [0.2, 0.25) is 0 Å². The Labute approximate surface area is 162 Å². The molecular formula is C17H30Cl2N4O2. The smallest absolute Gasteiger partial charge is 0.243 e. The van der Waals surface area contributed by atoms with Gasteiger partial charge in [-0.25, -0.2) is 0 Å². The van der Waals surface area contributed by atoms with E-state index in [0.717, 1.165) is 23.4 Å². The number of carbonyl (C=O) groups excluding carboxylic acids is 2. The summed E-state index contributed by atoms with van der Waals surface area (Å²) in [7, 11) is 3.95. The minimum absolute atomic E-state index is 0. The Bertz CT molecular complexity index is 566. The van der Waals surface area contributed by atoms with Crippen molar-refractivity contribution >= 4 is 42.3 Å². The van der Waals surface area contributed by atoms with Crippen molar-refractivity contribution in [1.82, 2.24) is 10.2 Å². The minimum Gasteiger partial charge on any atom is -0.346 e. The van der Waals surface area contributed by atoms with Crippen molar-refractivity contribution in [1.29, 1.82) is 0 Å². The highest BCUT2D eigenvalue weighted by Crippen LogP contribution is 2.18. The van der Waals surface area contributed by atoms with Gasteiger partial charge in [0.15, 0.2) is 0 Å². The van der Waals surface area contributed by atoms with Gasteiger partial charge in [0, 0.05) is 12.2 Å². The highest BCUT2D eigenvalue weighted by atomic mass is 35.5. The number of benzene rings is 1. The Kier molecular flexibility index (Phi) is 12.5. The molecule has 0 spiro atoms. The van der Waals surface area contributed by atoms with E-state index in [1.165, 1.54) is 0 Å². The van der Waals surface area contributed by atoms with Crippen molar-refractivity contribution in [2.24, 2.45) is 11.7 Å². The molecule has 0 aliphatic rings. The van der Waals surface area contributed by atoms with E-state index in [2.05, 4.69) is 10.6 Å². The van der Waals surface area contributed by atoms with Crippen LogP contribution in [0.15, 0.2) is 18.2 Å². The zero-order chi connectivity index (χ0) is 17.6. The average Bonchev–Trinajstić information content (AvgIpc) is 2.46. The molecule has 8 heteroatoms. The number of nitrogens with two attached hydrogens (primary N) is 1. The Morgan fingerprint density at radius 1 is 1.20 bits per heavy atom. The van der Waals surface area contributed by atoms with Crippen LogP contribution in [0.3, 0.4) is 0 Å². The van der Waals surface area contributed by atoms with Crippen LogP contribution >= 0.6 is 24.8 Å². The fourth-order valence-electron chi connectivity index (χ4n) is 2.10. The largest absolute Gasteiger partial charge is 0.346 e. The van der Waals surface area contributed by atoms with Crippen LogP contribution in [0.1, 0.15) is 25.0 Å². The van der Waals surface area contributed by atoms with Crippen molar-refractivity contribution < 1.29 is 9.59 Å². The van der Waals surface area contributed by atoms with Crippen molar-refractivity contribution in [3.8, 4) is 0 Å². The molecule has 6 nitrogen and oxygen atoms in total. The lowest BCUT2D eigenvalue weighted by Crippen LogP contribution is -2.46. The fraction of sp³-hybridized carbons (Fsp3) is 0.529. The molecule has 25 heavy (non-hydrogen) atoms. The second-order valence-electron chi connectivity index (χ2n) is 6.43. The van der Waals surface area contributed by atoms with Gasteiger partial charge in [0.25, 0.3) is 0 Å². The van der Waals surface area contributed by atoms with Crippen molar-refractivity contribution in [3.05, 3.63) is 29.3 Å². The summed E-state index contributed by atoms with van der Waals surface area (Å²) in [6, 6.07) is 5.27. The van der Waals surface area contributed by atoms with Crippen LogP contribution in [-0.4, -0.2) is 43.4 Å². The number of hydrogen-bond donors (Lipinski definition) is 3. The number of carbonyl (C=O) groups is 2. The van der Waals surface area contributed by atoms with Crippen LogP contribution in [0.25, 0.3) is 0 Å². The number of hydrogen-bond acceptors (Lipinski definition) is 4. The molecule has 0 saturated heterocycles. The minimum atomic E-state index is -0.605. The summed E-state index contributed by atoms with van der Waals surface area (Å²) in [5, 5.41) is 5.41. The van der Waals surface area contributed by atoms with E-state index in [-0.39, 0.29) is 49.1 Å². The zero-order valence-electron chi connectivity index (χ0n) is 15.5. The number of nitrogens with zero attached hydrogens (tertiary/aromatic N) is 1. The Morgan fingerprint density at radius 3 is 2.32 bits per heavy atom. The Balaban J connectivity index is 0. The predicted octanol–water partition coefficient (Wildman–Crippen LogP) is 1.94. The maximum absolute atomic E-state index is 12.1. The molecule has 1 aromatic rings. The standard InChI is InChI=1S/C17H28N4O2.2ClH/c1-11(2)16(18)17(23)19-9-15(22)20-14-7-6-12(3)8-13(14)10-21(4)5;;/h6-8,11,16H,9-10,18H2,1-5H3,(H,19,23)(H,20,22);2*1H/t16-;;/m0../s1. The number of aryl methyl sites for hydroxylation is 1. The SMILES string of the molecule is Cc1ccc(NC(=O)CNC(=O)[C@@H](N)C(C)C)c(CN(C)C)c1.Cl.Cl. The van der Waals surface area contributed by atoms with Gasteiger partial charge in [-0.1, -0.05) is 31.5 Å². The van der Waals surface area contributed by atoms with Gasteiger partial charge in [0.05, 0.1) is 12.6 Å². The average molecular weight is 393 g/mol. The maximum atomic E-state index is 12.1. The van der Waals surface area contributed by atoms with E-state index in [9.17, 15) is 9.59 Å². The molecule has 4 N–H and O–H groups in total. The molecule has 2 amide bonds. The fourth-order valence-corrected chi connectivity index (χ4v) is 2.10. The number of halogens is 2. The summed E-state index contributed by atoms with van der Waals surface area (Å²) in [5.74, 6) is -0.549. The number of anilines is 1. The quantitative estimate of drug-likeness (QED) is 0.661. The second-order valence-corrected chi connectivity index (χ2v) is 6.43. The highest BCUT2D eigenvalue weighted by Gasteiger charge is 2.17. The van der Waals surface area contributed by atoms with E-state index in [4.69, 9.17) is 5.73 Å². The van der Waals surface area contributed by atoms with Gasteiger partial charge in [0.2, 0.25) is 11.8 Å². The van der Waals surface area contributed by atoms with Crippen LogP contribution in [-0.2, 0) is 16.1 Å². The first-order chi connectivity index (χ1) is 10.7. The van der Waals surface area contributed by atoms with E-state index >= 15 is 0 Å². The first-order valence-corrected chi connectivity index (χ1v) is 7.78. The van der Waals surface area contributed by atoms with Crippen molar-refractivity contribution in [3.63, 3.8) is 0 Å². The Morgan fingerprint density at radius 2 is 1.80 bits per heavy atom. The van der Waals surface area contributed by atoms with Crippen LogP contribution in [0.4, 0.5) is 5.69 Å². The van der Waals surface area contributed by atoms with Gasteiger partial charge >= 0.3 is 0 Å². The van der Waals surface area contributed by atoms with E-state index in [0.29, 0.717) is 0 Å². The molecular weight excluding hydrogens is 363 g/mol. The van der Waals surface area contributed by atoms with Gasteiger partial charge in [-0.3, -0.25) is 9.59 Å². The molecule has 0 aliphatic carbocycles. The monoisotopic (exact) mass is 392 g/mol. The van der Waals surface area contributed by atoms with E-state index < -0.39 is 6.04 Å². The zero-order valence-corrected chi connectivity index (χ0v) is 17.1. The lowest BCUT2D eigenvalue weighted by atomic mass is 10.1. The van der Waals surface area contributed by atoms with E-state index in [1.54, 1.807) is 0 Å². The Hall–Kier alpha value is -1.34. The van der Waals surface area contributed by atoms with Gasteiger partial charge in [-0.2, -0.15) is 0 Å². The van der Waals surface area contributed by atoms with E-state index in [1.807, 2.05) is 58.0 Å². The summed E-state index contributed by atoms with van der Waals surface area (Å²) in [5.41, 5.74) is 8.68. The number of rotatable bonds is 7. The summed E-state index contributed by atoms with van der Waals surface area (Å²) in [6.07, 6.45) is 0. The maximum Gasteiger partial charge on any atom is 0.243 e. The van der Waals surface area contributed by atoms with Crippen LogP contribution in [0, 0.1) is 12.8 Å². The summed E-state index contributed by atoms with van der Waals surface area (Å²) in [4.78, 5) is 25.9. The van der Waals surface area contributed by atoms with Gasteiger partial charge in [-0.15, -0.1) is 24.8 Å². The van der Waals surface area contributed by atoms with Crippen LogP contribution < -0.4 is 16.4 Å². The lowest BCUT2D eigenvalue weighted by molar-refractivity contribution is -0.125. The molecule has 0 aliphatic heterocycles. The topological polar surface area (TPSA) is 87.5 Å². The third-order valence-electron chi connectivity index (χ3n) is 3.47. The molecule has 1 aromatic carbocycles. The first-order valence-electron chi connectivity index (χ1n) is 7.78. The highest BCUT2D eigenvalue weighted by molar-refractivity contribution is 5.95. The third kappa shape index (κ3) is 9.07. The molecule has 0 aromatic heterocycles. The molecule has 1 atom stereocenters.